The van der Waals surface area contributed by atoms with Crippen LogP contribution in [0.4, 0.5) is 0 Å². The molecule has 0 aliphatic carbocycles. The molecule has 0 atom stereocenters. The number of rotatable bonds is 11. The summed E-state index contributed by atoms with van der Waals surface area (Å²) in [5.74, 6) is 2.61. The first kappa shape index (κ1) is 17.8. The predicted octanol–water partition coefficient (Wildman–Crippen LogP) is 5.51. The third-order valence-corrected chi connectivity index (χ3v) is 8.30. The second-order valence-electron chi connectivity index (χ2n) is 5.33. The number of hydrogen-bond donors (Lipinski definition) is 0. The van der Waals surface area contributed by atoms with Gasteiger partial charge in [-0.1, -0.05) is 45.8 Å². The molecule has 0 spiro atoms. The summed E-state index contributed by atoms with van der Waals surface area (Å²) in [5.41, 5.74) is 0. The van der Waals surface area contributed by atoms with Gasteiger partial charge in [0, 0.05) is 6.42 Å². The highest BCUT2D eigenvalue weighted by Gasteiger charge is 2.15. The van der Waals surface area contributed by atoms with Crippen LogP contribution >= 0.6 is 6.89 Å². The van der Waals surface area contributed by atoms with Gasteiger partial charge in [0.2, 0.25) is 0 Å². The quantitative estimate of drug-likeness (QED) is 0.358. The lowest BCUT2D eigenvalue weighted by atomic mass is 10.1. The maximum absolute atomic E-state index is 8.73. The predicted molar refractivity (Wildman–Crippen MR) is 87.2 cm³/mol. The highest BCUT2D eigenvalue weighted by molar-refractivity contribution is 7.74. The van der Waals surface area contributed by atoms with Crippen molar-refractivity contribution in [2.45, 2.75) is 72.1 Å². The Labute approximate surface area is 115 Å². The molecule has 0 unspecified atom stereocenters. The smallest absolute Gasteiger partial charge is 0.0625 e. The van der Waals surface area contributed by atoms with Crippen LogP contribution in [0.25, 0.3) is 0 Å². The van der Waals surface area contributed by atoms with Crippen molar-refractivity contribution in [3.8, 4) is 6.07 Å². The van der Waals surface area contributed by atoms with E-state index in [4.69, 9.17) is 5.26 Å². The van der Waals surface area contributed by atoms with E-state index in [0.717, 1.165) is 6.42 Å². The lowest BCUT2D eigenvalue weighted by molar-refractivity contribution is 0.844. The Kier molecular flexibility index (Phi) is 11.7. The molecular formula is C16H32NP. The van der Waals surface area contributed by atoms with Crippen molar-refractivity contribution in [2.75, 3.05) is 18.5 Å². The minimum absolute atomic E-state index is 0.714. The van der Waals surface area contributed by atoms with Gasteiger partial charge in [0.1, 0.15) is 0 Å². The van der Waals surface area contributed by atoms with E-state index in [1.54, 1.807) is 0 Å². The van der Waals surface area contributed by atoms with Gasteiger partial charge in [-0.15, -0.1) is 6.89 Å². The molecule has 0 aliphatic heterocycles. The molecule has 0 aliphatic rings. The van der Waals surface area contributed by atoms with Gasteiger partial charge in [0.05, 0.1) is 6.07 Å². The summed E-state index contributed by atoms with van der Waals surface area (Å²) in [6, 6.07) is 2.30. The Morgan fingerprint density at radius 3 is 1.67 bits per heavy atom. The fourth-order valence-electron chi connectivity index (χ4n) is 2.43. The molecule has 0 radical (unpaired) electrons. The van der Waals surface area contributed by atoms with Crippen LogP contribution in [-0.2, 0) is 0 Å². The number of nitrogens with zero attached hydrogens (tertiary/aromatic N) is 1. The van der Waals surface area contributed by atoms with Gasteiger partial charge in [-0.2, -0.15) is 5.26 Å². The van der Waals surface area contributed by atoms with Crippen LogP contribution in [0.2, 0.25) is 0 Å². The number of hydrogen-bond acceptors (Lipinski definition) is 1. The van der Waals surface area contributed by atoms with Crippen molar-refractivity contribution >= 4 is 12.7 Å². The van der Waals surface area contributed by atoms with Crippen LogP contribution in [-0.4, -0.2) is 24.3 Å². The van der Waals surface area contributed by atoms with Crippen molar-refractivity contribution in [2.24, 2.45) is 0 Å². The summed E-state index contributed by atoms with van der Waals surface area (Å²) in [5, 5.41) is 8.73. The lowest BCUT2D eigenvalue weighted by Gasteiger charge is -2.27. The number of nitriles is 1. The average Bonchev–Trinajstić information content (AvgIpc) is 2.40. The van der Waals surface area contributed by atoms with E-state index in [2.05, 4.69) is 32.6 Å². The molecule has 0 bridgehead atoms. The van der Waals surface area contributed by atoms with Crippen LogP contribution in [0.3, 0.4) is 0 Å². The van der Waals surface area contributed by atoms with Gasteiger partial charge in [-0.25, -0.2) is 0 Å². The molecule has 0 aromatic carbocycles. The van der Waals surface area contributed by atoms with Gasteiger partial charge in [0.15, 0.2) is 0 Å². The van der Waals surface area contributed by atoms with E-state index < -0.39 is 6.89 Å². The molecule has 0 heterocycles. The molecule has 0 amide bonds. The molecule has 18 heavy (non-hydrogen) atoms. The van der Waals surface area contributed by atoms with Crippen LogP contribution in [0, 0.1) is 11.3 Å². The monoisotopic (exact) mass is 268 g/mol. The van der Waals surface area contributed by atoms with E-state index in [0.29, 0.717) is 6.42 Å². The first-order valence-corrected chi connectivity index (χ1v) is 10.2. The Morgan fingerprint density at radius 1 is 0.889 bits per heavy atom. The van der Waals surface area contributed by atoms with E-state index in [-0.39, 0.29) is 0 Å². The molecule has 0 rings (SSSR count). The molecule has 0 fully saturated rings. The molecule has 0 saturated heterocycles. The molecule has 0 N–H and O–H groups in total. The maximum atomic E-state index is 8.73. The van der Waals surface area contributed by atoms with Gasteiger partial charge in [-0.05, 0) is 44.2 Å². The first-order valence-electron chi connectivity index (χ1n) is 7.81. The minimum Gasteiger partial charge on any atom is -0.198 e. The second-order valence-corrected chi connectivity index (χ2v) is 9.47. The van der Waals surface area contributed by atoms with Gasteiger partial charge >= 0.3 is 0 Å². The van der Waals surface area contributed by atoms with Crippen LogP contribution in [0.5, 0.6) is 0 Å². The fraction of sp³-hybridized carbons (Fsp3) is 0.875. The zero-order valence-corrected chi connectivity index (χ0v) is 13.6. The van der Waals surface area contributed by atoms with Crippen molar-refractivity contribution in [3.05, 3.63) is 0 Å². The zero-order chi connectivity index (χ0) is 13.7. The summed E-state index contributed by atoms with van der Waals surface area (Å²) in [7, 11) is 0. The third kappa shape index (κ3) is 7.99. The molecule has 1 nitrogen and oxygen atoms in total. The van der Waals surface area contributed by atoms with Gasteiger partial charge in [-0.3, -0.25) is 0 Å². The Hall–Kier alpha value is -0.210. The van der Waals surface area contributed by atoms with Crippen molar-refractivity contribution < 1.29 is 0 Å². The van der Waals surface area contributed by atoms with Gasteiger partial charge in [0.25, 0.3) is 0 Å². The average molecular weight is 268 g/mol. The number of unbranched alkanes of at least 4 members (excludes halogenated alkanes) is 4. The summed E-state index contributed by atoms with van der Waals surface area (Å²) in [6.45, 7) is 6.03. The van der Waals surface area contributed by atoms with E-state index in [1.807, 2.05) is 0 Å². The highest BCUT2D eigenvalue weighted by Crippen LogP contribution is 2.49. The van der Waals surface area contributed by atoms with Crippen LogP contribution in [0.15, 0.2) is 0 Å². The normalized spacial score (nSPS) is 11.2. The Bertz CT molecular complexity index is 247. The topological polar surface area (TPSA) is 23.8 Å². The summed E-state index contributed by atoms with van der Waals surface area (Å²) < 4.78 is 0. The third-order valence-electron chi connectivity index (χ3n) is 3.64. The molecule has 0 saturated carbocycles. The largest absolute Gasteiger partial charge is 0.198 e. The standard InChI is InChI=1S/C16H32NP/c1-4-7-13-18(14-8-5-2,15-9-6-3)16-11-10-12-17/h16H,4-11,13-15H2,1-3H3/i12-1. The zero-order valence-electron chi connectivity index (χ0n) is 12.7. The van der Waals surface area contributed by atoms with E-state index in [9.17, 15) is 0 Å². The minimum atomic E-state index is -0.852. The highest BCUT2D eigenvalue weighted by atomic mass is 31.2. The summed E-state index contributed by atoms with van der Waals surface area (Å²) >= 11 is 0. The van der Waals surface area contributed by atoms with E-state index >= 15 is 0 Å². The fourth-order valence-corrected chi connectivity index (χ4v) is 7.16. The molecular weight excluding hydrogens is 236 g/mol. The van der Waals surface area contributed by atoms with E-state index in [1.165, 1.54) is 57.0 Å². The molecule has 2 heteroatoms. The lowest BCUT2D eigenvalue weighted by Crippen LogP contribution is -2.04. The molecule has 0 aromatic heterocycles. The SMILES string of the molecule is CCCCP(=CCC[11C]#N)(CCCC)CCCC. The van der Waals surface area contributed by atoms with Crippen LogP contribution in [0.1, 0.15) is 72.1 Å². The second kappa shape index (κ2) is 11.9. The maximum Gasteiger partial charge on any atom is 0.0625 e. The molecule has 0 aromatic rings. The Morgan fingerprint density at radius 2 is 1.33 bits per heavy atom. The molecule has 106 valence electrons. The van der Waals surface area contributed by atoms with Crippen molar-refractivity contribution in [1.82, 2.24) is 0 Å². The summed E-state index contributed by atoms with van der Waals surface area (Å²) in [6.07, 6.45) is 14.1. The summed E-state index contributed by atoms with van der Waals surface area (Å²) in [4.78, 5) is 0. The van der Waals surface area contributed by atoms with Crippen molar-refractivity contribution in [1.29, 1.82) is 5.26 Å². The Balaban J connectivity index is 4.73. The van der Waals surface area contributed by atoms with Gasteiger partial charge < -0.3 is 0 Å². The van der Waals surface area contributed by atoms with Crippen LogP contribution < -0.4 is 0 Å². The van der Waals surface area contributed by atoms with Crippen molar-refractivity contribution in [3.63, 3.8) is 0 Å². The first-order chi connectivity index (χ1) is 8.74.